The number of halogens is 1. The Hall–Kier alpha value is -2.85. The summed E-state index contributed by atoms with van der Waals surface area (Å²) in [4.78, 5) is 12.6. The third-order valence-electron chi connectivity index (χ3n) is 3.41. The van der Waals surface area contributed by atoms with E-state index < -0.39 is 4.92 Å². The van der Waals surface area contributed by atoms with Gasteiger partial charge >= 0.3 is 0 Å². The van der Waals surface area contributed by atoms with Gasteiger partial charge in [-0.25, -0.2) is 0 Å². The fourth-order valence-electron chi connectivity index (χ4n) is 2.38. The normalized spacial score (nSPS) is 10.3. The van der Waals surface area contributed by atoms with E-state index >= 15 is 0 Å². The summed E-state index contributed by atoms with van der Waals surface area (Å²) in [5.74, 6) is 0. The molecule has 0 aliphatic rings. The highest BCUT2D eigenvalue weighted by Crippen LogP contribution is 2.37. The van der Waals surface area contributed by atoms with Crippen LogP contribution in [0.4, 0.5) is 22.7 Å². The molecule has 0 heterocycles. The van der Waals surface area contributed by atoms with Crippen molar-refractivity contribution in [3.05, 3.63) is 94.0 Å². The monoisotopic (exact) mass is 324 g/mol. The molecular weight excluding hydrogens is 312 g/mol. The van der Waals surface area contributed by atoms with Crippen molar-refractivity contribution in [2.75, 3.05) is 4.90 Å². The Morgan fingerprint density at radius 3 is 1.78 bits per heavy atom. The predicted octanol–water partition coefficient (Wildman–Crippen LogP) is 5.72. The van der Waals surface area contributed by atoms with Crippen LogP contribution in [0.2, 0.25) is 5.02 Å². The van der Waals surface area contributed by atoms with Gasteiger partial charge in [0.15, 0.2) is 0 Å². The predicted molar refractivity (Wildman–Crippen MR) is 92.8 cm³/mol. The van der Waals surface area contributed by atoms with Crippen LogP contribution in [0.3, 0.4) is 0 Å². The zero-order chi connectivity index (χ0) is 16.2. The van der Waals surface area contributed by atoms with Crippen LogP contribution in [-0.2, 0) is 0 Å². The van der Waals surface area contributed by atoms with E-state index in [1.165, 1.54) is 6.07 Å². The third kappa shape index (κ3) is 3.17. The minimum atomic E-state index is -0.472. The SMILES string of the molecule is O=[N+]([O-])c1cc(N(c2ccccc2)c2ccccc2)ccc1Cl. The van der Waals surface area contributed by atoms with Crippen LogP contribution in [0.25, 0.3) is 0 Å². The fourth-order valence-corrected chi connectivity index (χ4v) is 2.57. The lowest BCUT2D eigenvalue weighted by Gasteiger charge is -2.25. The quantitative estimate of drug-likeness (QED) is 0.455. The number of nitro benzene ring substituents is 1. The van der Waals surface area contributed by atoms with Crippen molar-refractivity contribution in [1.29, 1.82) is 0 Å². The van der Waals surface area contributed by atoms with E-state index in [2.05, 4.69) is 0 Å². The molecule has 0 spiro atoms. The molecule has 0 bridgehead atoms. The topological polar surface area (TPSA) is 46.4 Å². The summed E-state index contributed by atoms with van der Waals surface area (Å²) in [6.45, 7) is 0. The minimum Gasteiger partial charge on any atom is -0.310 e. The Morgan fingerprint density at radius 1 is 0.783 bits per heavy atom. The first-order valence-electron chi connectivity index (χ1n) is 7.01. The molecule has 0 saturated carbocycles. The molecule has 0 amide bonds. The van der Waals surface area contributed by atoms with Gasteiger partial charge in [0.2, 0.25) is 0 Å². The van der Waals surface area contributed by atoms with Crippen LogP contribution in [0.1, 0.15) is 0 Å². The van der Waals surface area contributed by atoms with Crippen LogP contribution in [0.5, 0.6) is 0 Å². The van der Waals surface area contributed by atoms with Gasteiger partial charge in [0.25, 0.3) is 5.69 Å². The number of hydrogen-bond donors (Lipinski definition) is 0. The molecular formula is C18H13ClN2O2. The average Bonchev–Trinajstić information content (AvgIpc) is 2.58. The van der Waals surface area contributed by atoms with Gasteiger partial charge in [-0.3, -0.25) is 10.1 Å². The second-order valence-corrected chi connectivity index (χ2v) is 5.31. The number of anilines is 3. The number of hydrogen-bond acceptors (Lipinski definition) is 3. The van der Waals surface area contributed by atoms with Crippen molar-refractivity contribution in [2.45, 2.75) is 0 Å². The molecule has 3 aromatic rings. The maximum Gasteiger partial charge on any atom is 0.289 e. The van der Waals surface area contributed by atoms with E-state index in [0.29, 0.717) is 5.69 Å². The molecule has 3 aromatic carbocycles. The Morgan fingerprint density at radius 2 is 1.30 bits per heavy atom. The minimum absolute atomic E-state index is 0.110. The number of rotatable bonds is 4. The zero-order valence-corrected chi connectivity index (χ0v) is 12.9. The van der Waals surface area contributed by atoms with Crippen molar-refractivity contribution in [3.63, 3.8) is 0 Å². The summed E-state index contributed by atoms with van der Waals surface area (Å²) in [5, 5.41) is 11.3. The Bertz CT molecular complexity index is 783. The molecule has 0 N–H and O–H groups in total. The zero-order valence-electron chi connectivity index (χ0n) is 12.1. The van der Waals surface area contributed by atoms with Crippen LogP contribution in [0.15, 0.2) is 78.9 Å². The molecule has 0 unspecified atom stereocenters. The van der Waals surface area contributed by atoms with Crippen molar-refractivity contribution in [2.24, 2.45) is 0 Å². The largest absolute Gasteiger partial charge is 0.310 e. The van der Waals surface area contributed by atoms with Crippen molar-refractivity contribution in [3.8, 4) is 0 Å². The molecule has 5 heteroatoms. The Balaban J connectivity index is 2.17. The summed E-state index contributed by atoms with van der Waals surface area (Å²) >= 11 is 5.93. The molecule has 4 nitrogen and oxygen atoms in total. The summed E-state index contributed by atoms with van der Waals surface area (Å²) in [5.41, 5.74) is 2.39. The molecule has 114 valence electrons. The van der Waals surface area contributed by atoms with E-state index in [-0.39, 0.29) is 10.7 Å². The smallest absolute Gasteiger partial charge is 0.289 e. The van der Waals surface area contributed by atoms with E-state index in [1.807, 2.05) is 65.6 Å². The Labute approximate surface area is 138 Å². The van der Waals surface area contributed by atoms with E-state index in [4.69, 9.17) is 11.6 Å². The molecule has 0 aliphatic carbocycles. The molecule has 0 aromatic heterocycles. The van der Waals surface area contributed by atoms with Gasteiger partial charge in [-0.1, -0.05) is 48.0 Å². The van der Waals surface area contributed by atoms with Crippen LogP contribution < -0.4 is 4.90 Å². The summed E-state index contributed by atoms with van der Waals surface area (Å²) in [7, 11) is 0. The van der Waals surface area contributed by atoms with Crippen LogP contribution >= 0.6 is 11.6 Å². The highest BCUT2D eigenvalue weighted by atomic mass is 35.5. The van der Waals surface area contributed by atoms with E-state index in [0.717, 1.165) is 11.4 Å². The molecule has 0 saturated heterocycles. The van der Waals surface area contributed by atoms with E-state index in [1.54, 1.807) is 12.1 Å². The van der Waals surface area contributed by atoms with E-state index in [9.17, 15) is 10.1 Å². The first kappa shape index (κ1) is 15.1. The average molecular weight is 325 g/mol. The van der Waals surface area contributed by atoms with Crippen molar-refractivity contribution in [1.82, 2.24) is 0 Å². The van der Waals surface area contributed by atoms with Gasteiger partial charge < -0.3 is 4.90 Å². The van der Waals surface area contributed by atoms with Gasteiger partial charge in [-0.15, -0.1) is 0 Å². The standard InChI is InChI=1S/C18H13ClN2O2/c19-17-12-11-16(13-18(17)21(22)23)20(14-7-3-1-4-8-14)15-9-5-2-6-10-15/h1-13H. The first-order valence-corrected chi connectivity index (χ1v) is 7.39. The maximum atomic E-state index is 11.2. The second kappa shape index (κ2) is 6.50. The molecule has 0 radical (unpaired) electrons. The lowest BCUT2D eigenvalue weighted by atomic mass is 10.2. The van der Waals surface area contributed by atoms with Crippen LogP contribution in [-0.4, -0.2) is 4.92 Å². The number of para-hydroxylation sites is 2. The summed E-state index contributed by atoms with van der Waals surface area (Å²) < 4.78 is 0. The van der Waals surface area contributed by atoms with Gasteiger partial charge in [-0.05, 0) is 36.4 Å². The molecule has 0 fully saturated rings. The second-order valence-electron chi connectivity index (χ2n) is 4.90. The van der Waals surface area contributed by atoms with Crippen molar-refractivity contribution < 1.29 is 4.92 Å². The van der Waals surface area contributed by atoms with Gasteiger partial charge in [0.1, 0.15) is 5.02 Å². The summed E-state index contributed by atoms with van der Waals surface area (Å²) in [6, 6.07) is 24.2. The molecule has 23 heavy (non-hydrogen) atoms. The highest BCUT2D eigenvalue weighted by Gasteiger charge is 2.18. The molecule has 0 atom stereocenters. The number of nitrogens with zero attached hydrogens (tertiary/aromatic N) is 2. The van der Waals surface area contributed by atoms with Crippen molar-refractivity contribution >= 4 is 34.4 Å². The van der Waals surface area contributed by atoms with Gasteiger partial charge in [0, 0.05) is 17.4 Å². The third-order valence-corrected chi connectivity index (χ3v) is 3.73. The van der Waals surface area contributed by atoms with Crippen LogP contribution in [0, 0.1) is 10.1 Å². The summed E-state index contributed by atoms with van der Waals surface area (Å²) in [6.07, 6.45) is 0. The molecule has 3 rings (SSSR count). The van der Waals surface area contributed by atoms with Gasteiger partial charge in [0.05, 0.1) is 10.6 Å². The number of benzene rings is 3. The number of nitro groups is 1. The highest BCUT2D eigenvalue weighted by molar-refractivity contribution is 6.32. The first-order chi connectivity index (χ1) is 11.2. The maximum absolute atomic E-state index is 11.2. The lowest BCUT2D eigenvalue weighted by Crippen LogP contribution is -2.10. The fraction of sp³-hybridized carbons (Fsp3) is 0. The molecule has 0 aliphatic heterocycles. The van der Waals surface area contributed by atoms with Gasteiger partial charge in [-0.2, -0.15) is 0 Å². The lowest BCUT2D eigenvalue weighted by molar-refractivity contribution is -0.384. The Kier molecular flexibility index (Phi) is 4.26.